The minimum atomic E-state index is -0.605. The first-order valence-electron chi connectivity index (χ1n) is 5.57. The molecule has 1 heterocycles. The molecule has 2 aromatic rings. The van der Waals surface area contributed by atoms with E-state index < -0.39 is 4.92 Å². The third kappa shape index (κ3) is 3.37. The van der Waals surface area contributed by atoms with Crippen molar-refractivity contribution in [3.8, 4) is 11.6 Å². The minimum Gasteiger partial charge on any atom is -0.432 e. The summed E-state index contributed by atoms with van der Waals surface area (Å²) in [4.78, 5) is 14.2. The van der Waals surface area contributed by atoms with Crippen LogP contribution < -0.4 is 10.5 Å². The lowest BCUT2D eigenvalue weighted by molar-refractivity contribution is -0.385. The van der Waals surface area contributed by atoms with Crippen molar-refractivity contribution in [2.24, 2.45) is 10.9 Å². The van der Waals surface area contributed by atoms with Crippen LogP contribution in [0.1, 0.15) is 5.56 Å². The molecule has 0 spiro atoms. The fourth-order valence-corrected chi connectivity index (χ4v) is 1.65. The largest absolute Gasteiger partial charge is 0.432 e. The predicted octanol–water partition coefficient (Wildman–Crippen LogP) is 2.53. The van der Waals surface area contributed by atoms with Crippen molar-refractivity contribution >= 4 is 23.1 Å². The molecule has 9 heteroatoms. The molecule has 1 aromatic carbocycles. The molecule has 0 aliphatic carbocycles. The monoisotopic (exact) mass is 308 g/mol. The lowest BCUT2D eigenvalue weighted by atomic mass is 10.2. The molecule has 0 fully saturated rings. The molecule has 0 atom stereocenters. The molecular weight excluding hydrogens is 300 g/mol. The van der Waals surface area contributed by atoms with Gasteiger partial charge >= 0.3 is 5.69 Å². The van der Waals surface area contributed by atoms with Gasteiger partial charge in [0.1, 0.15) is 0 Å². The summed E-state index contributed by atoms with van der Waals surface area (Å²) in [7, 11) is 0. The van der Waals surface area contributed by atoms with E-state index in [2.05, 4.69) is 10.1 Å². The number of pyridine rings is 1. The van der Waals surface area contributed by atoms with Crippen LogP contribution in [0.25, 0.3) is 0 Å². The predicted molar refractivity (Wildman–Crippen MR) is 74.9 cm³/mol. The average molecular weight is 309 g/mol. The van der Waals surface area contributed by atoms with Gasteiger partial charge in [0.2, 0.25) is 11.6 Å². The Bertz CT molecular complexity index is 703. The lowest BCUT2D eigenvalue weighted by Gasteiger charge is -2.06. The third-order valence-electron chi connectivity index (χ3n) is 2.47. The van der Waals surface area contributed by atoms with Gasteiger partial charge in [-0.2, -0.15) is 0 Å². The highest BCUT2D eigenvalue weighted by molar-refractivity contribution is 6.30. The highest BCUT2D eigenvalue weighted by atomic mass is 35.5. The number of oxime groups is 1. The number of halogens is 1. The number of ether oxygens (including phenoxy) is 1. The molecule has 8 nitrogen and oxygen atoms in total. The zero-order valence-electron chi connectivity index (χ0n) is 10.4. The SMILES string of the molecule is N/C(=N\O)c1ccc(Oc2ccc(Cl)cc2[N+](=O)[O-])nc1. The first-order valence-corrected chi connectivity index (χ1v) is 5.95. The molecule has 0 saturated heterocycles. The second kappa shape index (κ2) is 6.06. The lowest BCUT2D eigenvalue weighted by Crippen LogP contribution is -2.13. The number of nitro groups is 1. The minimum absolute atomic E-state index is 0.00782. The quantitative estimate of drug-likeness (QED) is 0.294. The van der Waals surface area contributed by atoms with Gasteiger partial charge in [-0.15, -0.1) is 0 Å². The van der Waals surface area contributed by atoms with Crippen molar-refractivity contribution in [1.82, 2.24) is 4.98 Å². The van der Waals surface area contributed by atoms with Crippen LogP contribution in [0.4, 0.5) is 5.69 Å². The van der Waals surface area contributed by atoms with E-state index in [0.29, 0.717) is 5.56 Å². The number of aromatic nitrogens is 1. The van der Waals surface area contributed by atoms with Crippen molar-refractivity contribution in [2.75, 3.05) is 0 Å². The zero-order valence-corrected chi connectivity index (χ0v) is 11.2. The second-order valence-electron chi connectivity index (χ2n) is 3.84. The highest BCUT2D eigenvalue weighted by Gasteiger charge is 2.17. The number of rotatable bonds is 4. The molecular formula is C12H9ClN4O4. The van der Waals surface area contributed by atoms with Crippen LogP contribution >= 0.6 is 11.6 Å². The Hall–Kier alpha value is -2.87. The van der Waals surface area contributed by atoms with E-state index in [1.807, 2.05) is 0 Å². The molecule has 2 rings (SSSR count). The first-order chi connectivity index (χ1) is 10.0. The van der Waals surface area contributed by atoms with E-state index in [0.717, 1.165) is 0 Å². The molecule has 0 unspecified atom stereocenters. The Kier molecular flexibility index (Phi) is 4.19. The molecule has 0 aliphatic heterocycles. The van der Waals surface area contributed by atoms with Gasteiger partial charge in [-0.25, -0.2) is 4.98 Å². The standard InChI is InChI=1S/C12H9ClN4O4/c13-8-2-3-10(9(5-8)17(19)20)21-11-4-1-7(6-15-11)12(14)16-18/h1-6,18H,(H2,14,16). The van der Waals surface area contributed by atoms with Crippen LogP contribution in [0.2, 0.25) is 5.02 Å². The second-order valence-corrected chi connectivity index (χ2v) is 4.28. The van der Waals surface area contributed by atoms with Crippen molar-refractivity contribution in [3.63, 3.8) is 0 Å². The van der Waals surface area contributed by atoms with E-state index >= 15 is 0 Å². The maximum atomic E-state index is 10.9. The van der Waals surface area contributed by atoms with Gasteiger partial charge in [-0.05, 0) is 18.2 Å². The Morgan fingerprint density at radius 2 is 2.19 bits per heavy atom. The number of hydrogen-bond acceptors (Lipinski definition) is 6. The molecule has 0 aliphatic rings. The molecule has 0 bridgehead atoms. The summed E-state index contributed by atoms with van der Waals surface area (Å²) in [5.74, 6) is 0.0230. The average Bonchev–Trinajstić information content (AvgIpc) is 2.49. The van der Waals surface area contributed by atoms with Crippen LogP contribution in [-0.4, -0.2) is 21.0 Å². The third-order valence-corrected chi connectivity index (χ3v) is 2.71. The van der Waals surface area contributed by atoms with Gasteiger partial charge in [-0.1, -0.05) is 16.8 Å². The Morgan fingerprint density at radius 1 is 1.43 bits per heavy atom. The van der Waals surface area contributed by atoms with Crippen molar-refractivity contribution in [1.29, 1.82) is 0 Å². The molecule has 0 radical (unpaired) electrons. The smallest absolute Gasteiger partial charge is 0.313 e. The number of nitrogens with zero attached hydrogens (tertiary/aromatic N) is 3. The first kappa shape index (κ1) is 14.5. The van der Waals surface area contributed by atoms with Crippen molar-refractivity contribution in [3.05, 3.63) is 57.2 Å². The van der Waals surface area contributed by atoms with E-state index in [-0.39, 0.29) is 28.2 Å². The molecule has 1 aromatic heterocycles. The highest BCUT2D eigenvalue weighted by Crippen LogP contribution is 2.32. The molecule has 3 N–H and O–H groups in total. The number of hydrogen-bond donors (Lipinski definition) is 2. The van der Waals surface area contributed by atoms with Crippen LogP contribution in [0.3, 0.4) is 0 Å². The molecule has 21 heavy (non-hydrogen) atoms. The normalized spacial score (nSPS) is 11.2. The Balaban J connectivity index is 2.28. The summed E-state index contributed by atoms with van der Waals surface area (Å²) < 4.78 is 5.34. The van der Waals surface area contributed by atoms with Crippen LogP contribution in [0.5, 0.6) is 11.6 Å². The maximum Gasteiger partial charge on any atom is 0.313 e. The van der Waals surface area contributed by atoms with Crippen LogP contribution in [-0.2, 0) is 0 Å². The van der Waals surface area contributed by atoms with Gasteiger partial charge < -0.3 is 15.7 Å². The number of benzene rings is 1. The van der Waals surface area contributed by atoms with E-state index in [9.17, 15) is 10.1 Å². The Labute approximate surface area is 123 Å². The van der Waals surface area contributed by atoms with Gasteiger partial charge in [-0.3, -0.25) is 10.1 Å². The van der Waals surface area contributed by atoms with Gasteiger partial charge in [0.15, 0.2) is 5.84 Å². The topological polar surface area (TPSA) is 124 Å². The molecule has 0 amide bonds. The van der Waals surface area contributed by atoms with E-state index in [1.54, 1.807) is 0 Å². The van der Waals surface area contributed by atoms with Gasteiger partial charge in [0.05, 0.1) is 4.92 Å². The van der Waals surface area contributed by atoms with Crippen LogP contribution in [0.15, 0.2) is 41.7 Å². The summed E-state index contributed by atoms with van der Waals surface area (Å²) in [6, 6.07) is 6.96. The summed E-state index contributed by atoms with van der Waals surface area (Å²) in [5.41, 5.74) is 5.50. The Morgan fingerprint density at radius 3 is 2.76 bits per heavy atom. The number of nitro benzene ring substituents is 1. The van der Waals surface area contributed by atoms with Crippen molar-refractivity contribution < 1.29 is 14.9 Å². The fourth-order valence-electron chi connectivity index (χ4n) is 1.48. The maximum absolute atomic E-state index is 10.9. The van der Waals surface area contributed by atoms with E-state index in [4.69, 9.17) is 27.3 Å². The summed E-state index contributed by atoms with van der Waals surface area (Å²) >= 11 is 5.71. The van der Waals surface area contributed by atoms with Crippen molar-refractivity contribution in [2.45, 2.75) is 0 Å². The molecule has 108 valence electrons. The zero-order chi connectivity index (χ0) is 15.4. The number of nitrogens with two attached hydrogens (primary N) is 1. The van der Waals surface area contributed by atoms with Gasteiger partial charge in [0.25, 0.3) is 0 Å². The van der Waals surface area contributed by atoms with Crippen LogP contribution in [0, 0.1) is 10.1 Å². The summed E-state index contributed by atoms with van der Waals surface area (Å²) in [6.07, 6.45) is 1.31. The summed E-state index contributed by atoms with van der Waals surface area (Å²) in [5, 5.41) is 22.5. The molecule has 0 saturated carbocycles. The summed E-state index contributed by atoms with van der Waals surface area (Å²) in [6.45, 7) is 0. The van der Waals surface area contributed by atoms with E-state index in [1.165, 1.54) is 36.5 Å². The number of amidine groups is 1. The van der Waals surface area contributed by atoms with Gasteiger partial charge in [0, 0.05) is 28.9 Å². The fraction of sp³-hybridized carbons (Fsp3) is 0.